The van der Waals surface area contributed by atoms with Crippen LogP contribution >= 0.6 is 11.6 Å². The van der Waals surface area contributed by atoms with Crippen LogP contribution in [-0.4, -0.2) is 41.8 Å². The van der Waals surface area contributed by atoms with E-state index in [0.717, 1.165) is 0 Å². The number of halogens is 1. The van der Waals surface area contributed by atoms with Gasteiger partial charge in [0.1, 0.15) is 5.82 Å². The van der Waals surface area contributed by atoms with Crippen LogP contribution in [0.15, 0.2) is 29.1 Å². The zero-order valence-electron chi connectivity index (χ0n) is 16.5. The molecule has 0 spiro atoms. The highest BCUT2D eigenvalue weighted by Gasteiger charge is 2.35. The van der Waals surface area contributed by atoms with Gasteiger partial charge in [-0.2, -0.15) is 0 Å². The number of carbonyl (C=O) groups is 2. The van der Waals surface area contributed by atoms with Crippen LogP contribution in [0.2, 0.25) is 5.02 Å². The highest BCUT2D eigenvalue weighted by Crippen LogP contribution is 2.31. The first-order chi connectivity index (χ1) is 13.7. The van der Waals surface area contributed by atoms with E-state index in [2.05, 4.69) is 15.0 Å². The number of aromatic nitrogens is 2. The van der Waals surface area contributed by atoms with Gasteiger partial charge in [0.2, 0.25) is 0 Å². The molecule has 0 bridgehead atoms. The summed E-state index contributed by atoms with van der Waals surface area (Å²) in [7, 11) is 1.25. The van der Waals surface area contributed by atoms with Crippen LogP contribution in [0.4, 0.5) is 10.5 Å². The summed E-state index contributed by atoms with van der Waals surface area (Å²) in [6, 6.07) is 6.16. The van der Waals surface area contributed by atoms with Crippen molar-refractivity contribution in [2.75, 3.05) is 25.6 Å². The molecule has 1 saturated heterocycles. The molecule has 1 aromatic carbocycles. The number of rotatable bonds is 6. The van der Waals surface area contributed by atoms with Crippen LogP contribution in [0, 0.1) is 12.3 Å². The third kappa shape index (κ3) is 4.83. The van der Waals surface area contributed by atoms with E-state index < -0.39 is 6.09 Å². The minimum Gasteiger partial charge on any atom is -0.453 e. The minimum absolute atomic E-state index is 0.0403. The van der Waals surface area contributed by atoms with Crippen molar-refractivity contribution in [2.24, 2.45) is 5.41 Å². The van der Waals surface area contributed by atoms with E-state index in [1.165, 1.54) is 17.7 Å². The molecule has 3 rings (SSSR count). The van der Waals surface area contributed by atoms with E-state index in [1.54, 1.807) is 25.1 Å². The van der Waals surface area contributed by atoms with Gasteiger partial charge in [-0.1, -0.05) is 18.5 Å². The Morgan fingerprint density at radius 1 is 1.34 bits per heavy atom. The van der Waals surface area contributed by atoms with Gasteiger partial charge in [-0.3, -0.25) is 19.5 Å². The summed E-state index contributed by atoms with van der Waals surface area (Å²) in [6.07, 6.45) is -0.317. The number of anilines is 1. The first-order valence-corrected chi connectivity index (χ1v) is 9.41. The molecule has 1 aliphatic heterocycles. The number of nitrogens with zero attached hydrogens (tertiary/aromatic N) is 2. The Kier molecular flexibility index (Phi) is 6.04. The fourth-order valence-corrected chi connectivity index (χ4v) is 3.39. The molecular formula is C20H22ClN3O5. The molecule has 8 nitrogen and oxygen atoms in total. The molecule has 9 heteroatoms. The molecular weight excluding hydrogens is 398 g/mol. The Labute approximate surface area is 172 Å². The third-order valence-electron chi connectivity index (χ3n) is 4.74. The molecule has 0 aliphatic carbocycles. The molecule has 1 fully saturated rings. The molecule has 2 aromatic rings. The van der Waals surface area contributed by atoms with E-state index in [0.29, 0.717) is 47.4 Å². The summed E-state index contributed by atoms with van der Waals surface area (Å²) >= 11 is 6.02. The second kappa shape index (κ2) is 8.34. The van der Waals surface area contributed by atoms with Gasteiger partial charge in [-0.05, 0) is 25.1 Å². The number of nitrogens with one attached hydrogen (secondary N) is 1. The molecule has 2 heterocycles. The Morgan fingerprint density at radius 2 is 2.07 bits per heavy atom. The average Bonchev–Trinajstić information content (AvgIpc) is 2.63. The minimum atomic E-state index is -0.669. The van der Waals surface area contributed by atoms with Crippen molar-refractivity contribution >= 4 is 29.2 Å². The van der Waals surface area contributed by atoms with Crippen LogP contribution in [0.3, 0.4) is 0 Å². The lowest BCUT2D eigenvalue weighted by Crippen LogP contribution is -2.42. The van der Waals surface area contributed by atoms with Gasteiger partial charge in [0.15, 0.2) is 5.78 Å². The quantitative estimate of drug-likeness (QED) is 0.772. The van der Waals surface area contributed by atoms with Crippen LogP contribution in [0.5, 0.6) is 0 Å². The van der Waals surface area contributed by atoms with Crippen molar-refractivity contribution in [1.29, 1.82) is 0 Å². The molecule has 0 unspecified atom stereocenters. The molecule has 1 amide bonds. The lowest BCUT2D eigenvalue weighted by Gasteiger charge is -2.37. The Morgan fingerprint density at radius 3 is 2.66 bits per heavy atom. The van der Waals surface area contributed by atoms with Crippen molar-refractivity contribution in [3.63, 3.8) is 0 Å². The number of Topliss-reactive ketones (excluding diaryl/α,β-unsaturated/α-hetero) is 1. The van der Waals surface area contributed by atoms with E-state index in [-0.39, 0.29) is 23.3 Å². The Hall–Kier alpha value is -2.71. The first kappa shape index (κ1) is 21.0. The van der Waals surface area contributed by atoms with Gasteiger partial charge < -0.3 is 9.47 Å². The molecule has 0 atom stereocenters. The fourth-order valence-electron chi connectivity index (χ4n) is 3.22. The third-order valence-corrected chi connectivity index (χ3v) is 4.97. The van der Waals surface area contributed by atoms with Crippen LogP contribution < -0.4 is 10.9 Å². The van der Waals surface area contributed by atoms with E-state index in [9.17, 15) is 14.4 Å². The number of hydrogen-bond acceptors (Lipinski definition) is 6. The number of benzene rings is 1. The molecule has 0 saturated carbocycles. The maximum atomic E-state index is 12.7. The lowest BCUT2D eigenvalue weighted by molar-refractivity contribution is -0.137. The summed E-state index contributed by atoms with van der Waals surface area (Å²) in [5.74, 6) is 0.352. The number of ketones is 1. The first-order valence-electron chi connectivity index (χ1n) is 9.03. The maximum Gasteiger partial charge on any atom is 0.411 e. The highest BCUT2D eigenvalue weighted by molar-refractivity contribution is 6.31. The number of amides is 1. The smallest absolute Gasteiger partial charge is 0.411 e. The number of ether oxygens (including phenoxy) is 2. The van der Waals surface area contributed by atoms with Gasteiger partial charge in [-0.25, -0.2) is 9.78 Å². The maximum absolute atomic E-state index is 12.7. The summed E-state index contributed by atoms with van der Waals surface area (Å²) < 4.78 is 11.1. The monoisotopic (exact) mass is 419 g/mol. The molecule has 29 heavy (non-hydrogen) atoms. The van der Waals surface area contributed by atoms with Crippen LogP contribution in [0.1, 0.15) is 19.2 Å². The number of methoxy groups -OCH3 is 1. The number of carbonyl (C=O) groups excluding carboxylic acids is 2. The van der Waals surface area contributed by atoms with Gasteiger partial charge in [-0.15, -0.1) is 0 Å². The van der Waals surface area contributed by atoms with Crippen molar-refractivity contribution in [3.8, 4) is 11.3 Å². The summed E-state index contributed by atoms with van der Waals surface area (Å²) in [5, 5.41) is 2.97. The zero-order chi connectivity index (χ0) is 21.2. The normalized spacial score (nSPS) is 14.8. The van der Waals surface area contributed by atoms with Crippen LogP contribution in [-0.2, 0) is 20.8 Å². The number of aryl methyl sites for hydroxylation is 1. The van der Waals surface area contributed by atoms with Crippen molar-refractivity contribution < 1.29 is 19.1 Å². The van der Waals surface area contributed by atoms with Crippen molar-refractivity contribution in [2.45, 2.75) is 26.8 Å². The van der Waals surface area contributed by atoms with Crippen molar-refractivity contribution in [1.82, 2.24) is 9.55 Å². The largest absolute Gasteiger partial charge is 0.453 e. The van der Waals surface area contributed by atoms with Gasteiger partial charge in [0.25, 0.3) is 5.56 Å². The number of hydrogen-bond donors (Lipinski definition) is 1. The van der Waals surface area contributed by atoms with Gasteiger partial charge in [0, 0.05) is 28.5 Å². The second-order valence-corrected chi connectivity index (χ2v) is 7.87. The Balaban J connectivity index is 1.89. The molecule has 1 aliphatic rings. The van der Waals surface area contributed by atoms with Gasteiger partial charge >= 0.3 is 6.09 Å². The summed E-state index contributed by atoms with van der Waals surface area (Å²) in [4.78, 5) is 41.2. The van der Waals surface area contributed by atoms with Crippen LogP contribution in [0.25, 0.3) is 11.3 Å². The van der Waals surface area contributed by atoms with E-state index in [4.69, 9.17) is 16.3 Å². The fraction of sp³-hybridized carbons (Fsp3) is 0.400. The molecule has 154 valence electrons. The molecule has 0 radical (unpaired) electrons. The predicted molar refractivity (Wildman–Crippen MR) is 108 cm³/mol. The average molecular weight is 420 g/mol. The topological polar surface area (TPSA) is 99.5 Å². The van der Waals surface area contributed by atoms with E-state index >= 15 is 0 Å². The van der Waals surface area contributed by atoms with Gasteiger partial charge in [0.05, 0.1) is 38.2 Å². The zero-order valence-corrected chi connectivity index (χ0v) is 17.2. The van der Waals surface area contributed by atoms with E-state index in [1.807, 2.05) is 6.92 Å². The predicted octanol–water partition coefficient (Wildman–Crippen LogP) is 3.05. The lowest BCUT2D eigenvalue weighted by atomic mass is 9.83. The standard InChI is InChI=1S/C20H22ClN3O5/c1-12-22-17(15-5-4-13(21)6-16(15)23-19(27)28-3)7-18(26)24(12)9-14(25)8-20(2)10-29-11-20/h4-7H,8-11H2,1-3H3,(H,23,27). The highest BCUT2D eigenvalue weighted by atomic mass is 35.5. The SMILES string of the molecule is COC(=O)Nc1cc(Cl)ccc1-c1cc(=O)n(CC(=O)CC2(C)COC2)c(C)n1. The second-order valence-electron chi connectivity index (χ2n) is 7.44. The van der Waals surface area contributed by atoms with Crippen molar-refractivity contribution in [3.05, 3.63) is 45.5 Å². The Bertz CT molecular complexity index is 1010. The molecule has 1 aromatic heterocycles. The molecule has 1 N–H and O–H groups in total. The summed E-state index contributed by atoms with van der Waals surface area (Å²) in [6.45, 7) is 4.71. The summed E-state index contributed by atoms with van der Waals surface area (Å²) in [5.41, 5.74) is 0.730.